The number of ether oxygens (including phenoxy) is 1. The smallest absolute Gasteiger partial charge is 0.272 e. The number of fused-ring (bicyclic) bond motifs is 1. The number of nitrogens with zero attached hydrogens (tertiary/aromatic N) is 5. The van der Waals surface area contributed by atoms with E-state index in [0.717, 1.165) is 24.1 Å². The number of hydrogen-bond donors (Lipinski definition) is 1. The van der Waals surface area contributed by atoms with Crippen LogP contribution in [0.25, 0.3) is 5.65 Å². The maximum absolute atomic E-state index is 13.5. The van der Waals surface area contributed by atoms with Crippen molar-refractivity contribution >= 4 is 11.6 Å². The molecular weight excluding hydrogens is 408 g/mol. The van der Waals surface area contributed by atoms with Crippen molar-refractivity contribution in [3.63, 3.8) is 0 Å². The minimum absolute atomic E-state index is 0.0491. The monoisotopic (exact) mass is 432 g/mol. The Morgan fingerprint density at radius 3 is 2.94 bits per heavy atom. The lowest BCUT2D eigenvalue weighted by molar-refractivity contribution is 0.0732. The predicted octanol–water partition coefficient (Wildman–Crippen LogP) is 2.56. The van der Waals surface area contributed by atoms with Crippen LogP contribution in [0.5, 0.6) is 5.75 Å². The van der Waals surface area contributed by atoms with Crippen LogP contribution >= 0.6 is 0 Å². The molecule has 0 aliphatic carbocycles. The Kier molecular flexibility index (Phi) is 5.01. The molecule has 1 aliphatic heterocycles. The van der Waals surface area contributed by atoms with Crippen molar-refractivity contribution in [2.75, 3.05) is 13.7 Å². The number of amides is 1. The second-order valence-corrected chi connectivity index (χ2v) is 8.03. The Bertz CT molecular complexity index is 1340. The average Bonchev–Trinajstić information content (AvgIpc) is 3.53. The van der Waals surface area contributed by atoms with E-state index >= 15 is 0 Å². The normalized spacial score (nSPS) is 16.1. The summed E-state index contributed by atoms with van der Waals surface area (Å²) < 4.78 is 8.71. The van der Waals surface area contributed by atoms with E-state index in [4.69, 9.17) is 4.74 Å². The third-order valence-corrected chi connectivity index (χ3v) is 5.89. The molecular formula is C23H24N6O3. The standard InChI is InChI=1S/C23H24N6O3/c1-15-11-22(30)29-21(25-15)13-18(26-29)19-5-3-10-28(19)23(31)16-6-7-20(32-2)17(12-16)14-27-9-4-8-24-27/h4,6-9,11-13,19,26H,3,5,10,14H2,1-2H3. The van der Waals surface area contributed by atoms with Gasteiger partial charge in [0.15, 0.2) is 5.65 Å². The summed E-state index contributed by atoms with van der Waals surface area (Å²) in [5.41, 5.74) is 3.37. The summed E-state index contributed by atoms with van der Waals surface area (Å²) in [4.78, 5) is 32.1. The molecule has 1 aromatic carbocycles. The minimum atomic E-state index is -0.159. The highest BCUT2D eigenvalue weighted by Crippen LogP contribution is 2.33. The van der Waals surface area contributed by atoms with Gasteiger partial charge in [0.2, 0.25) is 0 Å². The number of H-pyrrole nitrogens is 1. The van der Waals surface area contributed by atoms with Crippen LogP contribution in [0.2, 0.25) is 0 Å². The first kappa shape index (κ1) is 20.0. The molecule has 9 nitrogen and oxygen atoms in total. The number of aromatic amines is 1. The van der Waals surface area contributed by atoms with Gasteiger partial charge in [0.1, 0.15) is 5.75 Å². The number of benzene rings is 1. The summed E-state index contributed by atoms with van der Waals surface area (Å²) >= 11 is 0. The van der Waals surface area contributed by atoms with Gasteiger partial charge in [-0.25, -0.2) is 9.50 Å². The molecule has 0 saturated carbocycles. The predicted molar refractivity (Wildman–Crippen MR) is 118 cm³/mol. The Morgan fingerprint density at radius 1 is 1.28 bits per heavy atom. The van der Waals surface area contributed by atoms with Crippen LogP contribution in [0.1, 0.15) is 46.2 Å². The average molecular weight is 432 g/mol. The molecule has 0 radical (unpaired) electrons. The molecule has 1 N–H and O–H groups in total. The summed E-state index contributed by atoms with van der Waals surface area (Å²) in [5, 5.41) is 7.40. The number of likely N-dealkylation sites (tertiary alicyclic amines) is 1. The number of carbonyl (C=O) groups is 1. The highest BCUT2D eigenvalue weighted by atomic mass is 16.5. The lowest BCUT2D eigenvalue weighted by Crippen LogP contribution is -2.31. The van der Waals surface area contributed by atoms with E-state index in [2.05, 4.69) is 15.2 Å². The van der Waals surface area contributed by atoms with Crippen molar-refractivity contribution in [3.05, 3.63) is 81.7 Å². The fourth-order valence-corrected chi connectivity index (χ4v) is 4.40. The lowest BCUT2D eigenvalue weighted by atomic mass is 10.1. The van der Waals surface area contributed by atoms with Gasteiger partial charge in [-0.3, -0.25) is 19.4 Å². The fourth-order valence-electron chi connectivity index (χ4n) is 4.40. The molecule has 1 fully saturated rings. The third kappa shape index (κ3) is 3.55. The maximum Gasteiger partial charge on any atom is 0.272 e. The summed E-state index contributed by atoms with van der Waals surface area (Å²) in [6.45, 7) is 2.96. The van der Waals surface area contributed by atoms with Crippen LogP contribution in [-0.2, 0) is 6.54 Å². The van der Waals surface area contributed by atoms with Gasteiger partial charge in [-0.1, -0.05) is 0 Å². The SMILES string of the molecule is COc1ccc(C(=O)N2CCCC2c2cc3nc(C)cc(=O)n3[nH]2)cc1Cn1cccn1. The summed E-state index contributed by atoms with van der Waals surface area (Å²) in [5.74, 6) is 0.665. The van der Waals surface area contributed by atoms with E-state index in [9.17, 15) is 9.59 Å². The Morgan fingerprint density at radius 2 is 2.16 bits per heavy atom. The fraction of sp³-hybridized carbons (Fsp3) is 0.304. The number of aryl methyl sites for hydroxylation is 1. The van der Waals surface area contributed by atoms with E-state index in [1.807, 2.05) is 35.4 Å². The molecule has 0 spiro atoms. The third-order valence-electron chi connectivity index (χ3n) is 5.89. The number of carbonyl (C=O) groups excluding carboxylic acids is 1. The van der Waals surface area contributed by atoms with Gasteiger partial charge in [0.05, 0.1) is 25.4 Å². The van der Waals surface area contributed by atoms with Gasteiger partial charge in [-0.05, 0) is 44.0 Å². The molecule has 1 saturated heterocycles. The maximum atomic E-state index is 13.5. The lowest BCUT2D eigenvalue weighted by Gasteiger charge is -2.24. The molecule has 9 heteroatoms. The second-order valence-electron chi connectivity index (χ2n) is 8.03. The zero-order chi connectivity index (χ0) is 22.2. The number of nitrogens with one attached hydrogen (secondary N) is 1. The van der Waals surface area contributed by atoms with E-state index in [1.54, 1.807) is 31.0 Å². The molecule has 4 heterocycles. The molecule has 1 aliphatic rings. The first-order chi connectivity index (χ1) is 15.5. The molecule has 4 aromatic rings. The zero-order valence-corrected chi connectivity index (χ0v) is 18.0. The molecule has 3 aromatic heterocycles. The van der Waals surface area contributed by atoms with Crippen molar-refractivity contribution in [3.8, 4) is 5.75 Å². The van der Waals surface area contributed by atoms with Crippen molar-refractivity contribution in [2.45, 2.75) is 32.4 Å². The van der Waals surface area contributed by atoms with Gasteiger partial charge >= 0.3 is 0 Å². The van der Waals surface area contributed by atoms with E-state index in [-0.39, 0.29) is 17.5 Å². The number of rotatable bonds is 5. The van der Waals surface area contributed by atoms with Gasteiger partial charge in [-0.15, -0.1) is 0 Å². The zero-order valence-electron chi connectivity index (χ0n) is 18.0. The van der Waals surface area contributed by atoms with Gasteiger partial charge in [0.25, 0.3) is 11.5 Å². The van der Waals surface area contributed by atoms with Gasteiger partial charge in [0, 0.05) is 47.9 Å². The van der Waals surface area contributed by atoms with Crippen LogP contribution in [0.4, 0.5) is 0 Å². The highest BCUT2D eigenvalue weighted by Gasteiger charge is 2.32. The van der Waals surface area contributed by atoms with Crippen molar-refractivity contribution in [1.29, 1.82) is 0 Å². The summed E-state index contributed by atoms with van der Waals surface area (Å²) in [7, 11) is 1.62. The quantitative estimate of drug-likeness (QED) is 0.523. The molecule has 1 atom stereocenters. The first-order valence-corrected chi connectivity index (χ1v) is 10.6. The Hall–Kier alpha value is -3.88. The van der Waals surface area contributed by atoms with Crippen molar-refractivity contribution in [2.24, 2.45) is 0 Å². The van der Waals surface area contributed by atoms with Crippen LogP contribution in [0, 0.1) is 6.92 Å². The largest absolute Gasteiger partial charge is 0.496 e. The highest BCUT2D eigenvalue weighted by molar-refractivity contribution is 5.95. The first-order valence-electron chi connectivity index (χ1n) is 10.6. The van der Waals surface area contributed by atoms with Crippen LogP contribution < -0.4 is 10.3 Å². The molecule has 164 valence electrons. The Balaban J connectivity index is 1.46. The number of methoxy groups -OCH3 is 1. The summed E-state index contributed by atoms with van der Waals surface area (Å²) in [6.07, 6.45) is 5.31. The molecule has 5 rings (SSSR count). The van der Waals surface area contributed by atoms with Crippen LogP contribution in [0.3, 0.4) is 0 Å². The van der Waals surface area contributed by atoms with Gasteiger partial charge < -0.3 is 9.64 Å². The van der Waals surface area contributed by atoms with E-state index in [1.165, 1.54) is 10.6 Å². The summed E-state index contributed by atoms with van der Waals surface area (Å²) in [6, 6.07) is 10.6. The Labute approximate surface area is 184 Å². The van der Waals surface area contributed by atoms with Crippen LogP contribution in [0.15, 0.2) is 53.6 Å². The molecule has 1 unspecified atom stereocenters. The van der Waals surface area contributed by atoms with Crippen LogP contribution in [-0.4, -0.2) is 48.8 Å². The minimum Gasteiger partial charge on any atom is -0.496 e. The molecule has 1 amide bonds. The number of hydrogen-bond acceptors (Lipinski definition) is 5. The van der Waals surface area contributed by atoms with Crippen molar-refractivity contribution in [1.82, 2.24) is 29.3 Å². The topological polar surface area (TPSA) is 97.5 Å². The molecule has 0 bridgehead atoms. The van der Waals surface area contributed by atoms with Gasteiger partial charge in [-0.2, -0.15) is 5.10 Å². The van der Waals surface area contributed by atoms with E-state index < -0.39 is 0 Å². The number of aromatic nitrogens is 5. The molecule has 32 heavy (non-hydrogen) atoms. The second kappa shape index (κ2) is 7.99. The van der Waals surface area contributed by atoms with Crippen molar-refractivity contribution < 1.29 is 9.53 Å². The van der Waals surface area contributed by atoms with E-state index in [0.29, 0.717) is 35.7 Å².